The van der Waals surface area contributed by atoms with E-state index in [1.54, 1.807) is 9.80 Å². The molecule has 0 saturated carbocycles. The lowest BCUT2D eigenvalue weighted by Crippen LogP contribution is -2.47. The molecule has 0 bridgehead atoms. The number of ether oxygens (including phenoxy) is 2. The van der Waals surface area contributed by atoms with Crippen molar-refractivity contribution in [2.75, 3.05) is 41.4 Å². The molecule has 298 valence electrons. The van der Waals surface area contributed by atoms with E-state index in [2.05, 4.69) is 12.0 Å². The molecule has 2 N–H and O–H groups in total. The fourth-order valence-electron chi connectivity index (χ4n) is 5.25. The third kappa shape index (κ3) is 11.3. The van der Waals surface area contributed by atoms with Crippen LogP contribution in [0.1, 0.15) is 37.5 Å². The van der Waals surface area contributed by atoms with Crippen molar-refractivity contribution in [3.05, 3.63) is 97.6 Å². The van der Waals surface area contributed by atoms with Crippen LogP contribution < -0.4 is 20.3 Å². The molecule has 0 aliphatic carbocycles. The maximum Gasteiger partial charge on any atom is 0.416 e. The van der Waals surface area contributed by atoms with E-state index in [9.17, 15) is 32.9 Å². The predicted octanol–water partition coefficient (Wildman–Crippen LogP) is 9.42. The van der Waals surface area contributed by atoms with E-state index in [1.165, 1.54) is 0 Å². The number of halogens is 8. The fourth-order valence-corrected chi connectivity index (χ4v) is 6.25. The first-order valence-corrected chi connectivity index (χ1v) is 18.5. The van der Waals surface area contributed by atoms with Crippen LogP contribution >= 0.6 is 58.0 Å². The van der Waals surface area contributed by atoms with Gasteiger partial charge in [0.1, 0.15) is 36.9 Å². The summed E-state index contributed by atoms with van der Waals surface area (Å²) in [5.74, 6) is -0.197. The number of nitro groups is 1. The van der Waals surface area contributed by atoms with Crippen LogP contribution in [-0.2, 0) is 26.9 Å². The first-order chi connectivity index (χ1) is 25.9. The molecule has 0 spiro atoms. The molecule has 2 heterocycles. The zero-order valence-corrected chi connectivity index (χ0v) is 33.5. The maximum absolute atomic E-state index is 12.6. The SMILES string of the molecule is CC1COc2ccccc2N1C(=O)C(Cl)Cl.CCOCN(C(=O)CCl)c1c(C)cccc1CC.Nc1c([N+](=O)[O-])cnn1-c1c(Cl)cc(C(F)(F)F)cc1Cl. The highest BCUT2D eigenvalue weighted by atomic mass is 35.5. The molecule has 5 rings (SSSR count). The molecular formula is C35H36Cl5F3N6O6. The Balaban J connectivity index is 0.000000224. The average molecular weight is 871 g/mol. The minimum Gasteiger partial charge on any atom is -0.489 e. The van der Waals surface area contributed by atoms with Crippen LogP contribution in [0.3, 0.4) is 0 Å². The number of fused-ring (bicyclic) bond motifs is 1. The molecule has 12 nitrogen and oxygen atoms in total. The largest absolute Gasteiger partial charge is 0.489 e. The number of nitrogens with zero attached hydrogens (tertiary/aromatic N) is 5. The smallest absolute Gasteiger partial charge is 0.416 e. The van der Waals surface area contributed by atoms with Gasteiger partial charge in [0.15, 0.2) is 4.84 Å². The van der Waals surface area contributed by atoms with Crippen molar-refractivity contribution in [1.82, 2.24) is 9.78 Å². The Labute approximate surface area is 339 Å². The Morgan fingerprint density at radius 3 is 2.29 bits per heavy atom. The van der Waals surface area contributed by atoms with Gasteiger partial charge in [0, 0.05) is 6.61 Å². The van der Waals surface area contributed by atoms with Gasteiger partial charge in [-0.1, -0.05) is 83.7 Å². The standard InChI is InChI=1S/C14H20ClNO2.C11H11Cl2NO2.C10H5Cl2F3N4O2/c1-4-12-8-6-7-11(3)14(12)16(10-18-5-2)13(17)9-15;1-7-6-16-9-5-3-2-4-8(9)14(7)11(15)10(12)13;11-5-1-4(10(13,14)15)2-6(12)8(5)18-9(16)7(3-17-18)19(20)21/h6-8H,4-5,9-10H2,1-3H3;2-5,7,10H,6H2,1H3;1-3H,16H2. The van der Waals surface area contributed by atoms with Gasteiger partial charge in [-0.15, -0.1) is 11.6 Å². The molecule has 2 amide bonds. The van der Waals surface area contributed by atoms with Crippen molar-refractivity contribution >= 4 is 92.7 Å². The quantitative estimate of drug-likeness (QED) is 0.0758. The highest BCUT2D eigenvalue weighted by molar-refractivity contribution is 6.54. The number of aryl methyl sites for hydroxylation is 2. The minimum atomic E-state index is -4.63. The van der Waals surface area contributed by atoms with E-state index in [-0.39, 0.29) is 46.2 Å². The van der Waals surface area contributed by atoms with E-state index in [1.807, 2.05) is 63.2 Å². The van der Waals surface area contributed by atoms with Crippen LogP contribution in [0.2, 0.25) is 10.0 Å². The Kier molecular flexibility index (Phi) is 16.7. The van der Waals surface area contributed by atoms with E-state index < -0.39 is 33.0 Å². The number of nitrogen functional groups attached to an aromatic ring is 1. The van der Waals surface area contributed by atoms with Gasteiger partial charge < -0.3 is 20.1 Å². The highest BCUT2D eigenvalue weighted by Crippen LogP contribution is 2.39. The second-order valence-electron chi connectivity index (χ2n) is 11.5. The first-order valence-electron chi connectivity index (χ1n) is 16.3. The number of carbonyl (C=O) groups is 2. The number of amides is 2. The molecule has 0 saturated heterocycles. The molecule has 1 aliphatic rings. The number of carbonyl (C=O) groups excluding carboxylic acids is 2. The summed E-state index contributed by atoms with van der Waals surface area (Å²) >= 11 is 28.5. The van der Waals surface area contributed by atoms with Gasteiger partial charge >= 0.3 is 11.9 Å². The van der Waals surface area contributed by atoms with Crippen LogP contribution in [0.5, 0.6) is 5.75 Å². The summed E-state index contributed by atoms with van der Waals surface area (Å²) in [6, 6.07) is 14.6. The van der Waals surface area contributed by atoms with Gasteiger partial charge in [0.25, 0.3) is 5.91 Å². The lowest BCUT2D eigenvalue weighted by atomic mass is 10.0. The maximum atomic E-state index is 12.6. The minimum absolute atomic E-state index is 0.0371. The van der Waals surface area contributed by atoms with E-state index in [4.69, 9.17) is 73.2 Å². The number of rotatable bonds is 9. The van der Waals surface area contributed by atoms with Gasteiger partial charge in [-0.2, -0.15) is 18.3 Å². The summed E-state index contributed by atoms with van der Waals surface area (Å²) in [5, 5.41) is 13.5. The van der Waals surface area contributed by atoms with Crippen LogP contribution in [0.15, 0.2) is 60.8 Å². The lowest BCUT2D eigenvalue weighted by molar-refractivity contribution is -0.383. The number of aromatic nitrogens is 2. The summed E-state index contributed by atoms with van der Waals surface area (Å²) in [7, 11) is 0. The number of para-hydroxylation sites is 3. The van der Waals surface area contributed by atoms with Gasteiger partial charge in [-0.05, 0) is 62.6 Å². The van der Waals surface area contributed by atoms with Crippen molar-refractivity contribution in [2.45, 2.75) is 51.2 Å². The Morgan fingerprint density at radius 2 is 1.76 bits per heavy atom. The Bertz CT molecular complexity index is 1960. The second-order valence-corrected chi connectivity index (χ2v) is 13.7. The first kappa shape index (κ1) is 45.4. The number of nitrogens with two attached hydrogens (primary N) is 1. The van der Waals surface area contributed by atoms with Crippen LogP contribution in [0.4, 0.5) is 36.1 Å². The number of alkyl halides is 6. The molecule has 0 fully saturated rings. The third-order valence-corrected chi connectivity index (χ3v) is 9.00. The topological polar surface area (TPSA) is 146 Å². The molecule has 1 aromatic heterocycles. The fraction of sp³-hybridized carbons (Fsp3) is 0.343. The summed E-state index contributed by atoms with van der Waals surface area (Å²) in [6.07, 6.45) is -2.91. The number of anilines is 3. The summed E-state index contributed by atoms with van der Waals surface area (Å²) in [5.41, 5.74) is 7.63. The molecule has 0 radical (unpaired) electrons. The van der Waals surface area contributed by atoms with Gasteiger partial charge in [0.05, 0.1) is 37.9 Å². The second kappa shape index (κ2) is 20.3. The van der Waals surface area contributed by atoms with Crippen LogP contribution in [-0.4, -0.2) is 63.2 Å². The number of hydrogen-bond acceptors (Lipinski definition) is 8. The van der Waals surface area contributed by atoms with Crippen molar-refractivity contribution in [1.29, 1.82) is 0 Å². The monoisotopic (exact) mass is 868 g/mol. The van der Waals surface area contributed by atoms with Crippen molar-refractivity contribution in [2.24, 2.45) is 0 Å². The van der Waals surface area contributed by atoms with Crippen molar-refractivity contribution < 1.29 is 37.2 Å². The molecule has 1 aliphatic heterocycles. The van der Waals surface area contributed by atoms with Crippen LogP contribution in [0.25, 0.3) is 5.69 Å². The van der Waals surface area contributed by atoms with Crippen molar-refractivity contribution in [3.63, 3.8) is 0 Å². The van der Waals surface area contributed by atoms with Crippen molar-refractivity contribution in [3.8, 4) is 11.4 Å². The van der Waals surface area contributed by atoms with E-state index in [0.29, 0.717) is 31.1 Å². The number of hydrogen-bond donors (Lipinski definition) is 1. The van der Waals surface area contributed by atoms with Gasteiger partial charge in [0.2, 0.25) is 11.7 Å². The highest BCUT2D eigenvalue weighted by Gasteiger charge is 2.34. The van der Waals surface area contributed by atoms with E-state index in [0.717, 1.165) is 39.8 Å². The molecular weight excluding hydrogens is 835 g/mol. The van der Waals surface area contributed by atoms with Crippen LogP contribution in [0, 0.1) is 17.0 Å². The van der Waals surface area contributed by atoms with Gasteiger partial charge in [-0.3, -0.25) is 24.6 Å². The molecule has 20 heteroatoms. The molecule has 4 aromatic rings. The molecule has 3 aromatic carbocycles. The third-order valence-electron chi connectivity index (χ3n) is 7.82. The summed E-state index contributed by atoms with van der Waals surface area (Å²) in [4.78, 5) is 35.9. The molecule has 55 heavy (non-hydrogen) atoms. The summed E-state index contributed by atoms with van der Waals surface area (Å²) in [6.45, 7) is 9.13. The lowest BCUT2D eigenvalue weighted by Gasteiger charge is -2.35. The Morgan fingerprint density at radius 1 is 1.13 bits per heavy atom. The van der Waals surface area contributed by atoms with Gasteiger partial charge in [-0.25, -0.2) is 4.68 Å². The predicted molar refractivity (Wildman–Crippen MR) is 209 cm³/mol. The zero-order valence-electron chi connectivity index (χ0n) is 29.8. The molecule has 1 atom stereocenters. The average Bonchev–Trinajstić information content (AvgIpc) is 3.52. The van der Waals surface area contributed by atoms with E-state index >= 15 is 0 Å². The Hall–Kier alpha value is -3.99. The zero-order chi connectivity index (χ0) is 41.2. The normalized spacial score (nSPS) is 13.5. The number of benzene rings is 3. The molecule has 1 unspecified atom stereocenters. The summed E-state index contributed by atoms with van der Waals surface area (Å²) < 4.78 is 49.6.